The fourth-order valence-electron chi connectivity index (χ4n) is 3.91. The largest absolute Gasteiger partial charge is 0.370 e. The van der Waals surface area contributed by atoms with Gasteiger partial charge in [-0.05, 0) is 30.3 Å². The van der Waals surface area contributed by atoms with Gasteiger partial charge in [0.15, 0.2) is 5.82 Å². The Balaban J connectivity index is 1.70. The molecule has 0 unspecified atom stereocenters. The molecule has 2 aromatic carbocycles. The summed E-state index contributed by atoms with van der Waals surface area (Å²) >= 11 is 6.22. The zero-order valence-corrected chi connectivity index (χ0v) is 16.6. The highest BCUT2D eigenvalue weighted by molar-refractivity contribution is 6.30. The molecule has 152 valence electrons. The molecule has 1 aliphatic heterocycles. The van der Waals surface area contributed by atoms with Gasteiger partial charge in [-0.2, -0.15) is 0 Å². The quantitative estimate of drug-likeness (QED) is 0.500. The van der Waals surface area contributed by atoms with E-state index in [1.54, 1.807) is 12.4 Å². The van der Waals surface area contributed by atoms with Crippen LogP contribution in [0.25, 0.3) is 33.5 Å². The topological polar surface area (TPSA) is 70.8 Å². The number of nitrogens with one attached hydrogen (secondary N) is 1. The lowest BCUT2D eigenvalue weighted by Crippen LogP contribution is -2.50. The number of hydrogen-bond acceptors (Lipinski definition) is 4. The number of anilines is 1. The average molecular weight is 426 g/mol. The van der Waals surface area contributed by atoms with Crippen LogP contribution < -0.4 is 10.6 Å². The van der Waals surface area contributed by atoms with E-state index < -0.39 is 11.6 Å². The van der Waals surface area contributed by atoms with Gasteiger partial charge < -0.3 is 15.6 Å². The van der Waals surface area contributed by atoms with E-state index >= 15 is 0 Å². The van der Waals surface area contributed by atoms with Gasteiger partial charge in [0.2, 0.25) is 0 Å². The fraction of sp³-hybridized carbons (Fsp3) is 0.182. The molecule has 0 bridgehead atoms. The Labute approximate surface area is 176 Å². The molecule has 1 saturated heterocycles. The van der Waals surface area contributed by atoms with Gasteiger partial charge >= 0.3 is 0 Å². The molecular formula is C22H18ClF2N5. The molecule has 30 heavy (non-hydrogen) atoms. The van der Waals surface area contributed by atoms with Crippen LogP contribution in [0.15, 0.2) is 48.8 Å². The zero-order valence-electron chi connectivity index (χ0n) is 15.9. The molecule has 0 spiro atoms. The number of benzene rings is 2. The molecule has 0 atom stereocenters. The molecule has 0 radical (unpaired) electrons. The minimum absolute atomic E-state index is 0.0916. The standard InChI is InChI=1S/C22H18ClF2N5/c23-14-3-1-2-13(4-14)16-8-27-9-17(21(16)30-10-12(7-26)11-30)22-28-19-6-15(24)5-18(25)20(19)29-22/h1-6,8-9,12H,7,10-11,26H2,(H,28,29). The molecule has 3 heterocycles. The van der Waals surface area contributed by atoms with E-state index in [-0.39, 0.29) is 5.52 Å². The van der Waals surface area contributed by atoms with Crippen LogP contribution in [0.5, 0.6) is 0 Å². The van der Waals surface area contributed by atoms with Gasteiger partial charge in [-0.1, -0.05) is 23.7 Å². The molecule has 0 amide bonds. The second-order valence-corrected chi connectivity index (χ2v) is 7.91. The van der Waals surface area contributed by atoms with Crippen molar-refractivity contribution in [3.8, 4) is 22.5 Å². The first-order chi connectivity index (χ1) is 14.5. The smallest absolute Gasteiger partial charge is 0.153 e. The van der Waals surface area contributed by atoms with Crippen LogP contribution in [0, 0.1) is 17.6 Å². The molecule has 5 rings (SSSR count). The lowest BCUT2D eigenvalue weighted by Gasteiger charge is -2.42. The van der Waals surface area contributed by atoms with Crippen molar-refractivity contribution >= 4 is 28.3 Å². The van der Waals surface area contributed by atoms with Crippen molar-refractivity contribution in [2.24, 2.45) is 11.7 Å². The van der Waals surface area contributed by atoms with Gasteiger partial charge in [0.25, 0.3) is 0 Å². The Hall–Kier alpha value is -3.03. The lowest BCUT2D eigenvalue weighted by molar-refractivity contribution is 0.421. The molecule has 8 heteroatoms. The van der Waals surface area contributed by atoms with Crippen LogP contribution >= 0.6 is 11.6 Å². The van der Waals surface area contributed by atoms with Gasteiger partial charge in [0.1, 0.15) is 17.2 Å². The Kier molecular flexibility index (Phi) is 4.64. The van der Waals surface area contributed by atoms with Crippen molar-refractivity contribution in [1.82, 2.24) is 15.0 Å². The monoisotopic (exact) mass is 425 g/mol. The second-order valence-electron chi connectivity index (χ2n) is 7.47. The van der Waals surface area contributed by atoms with E-state index in [2.05, 4.69) is 19.9 Å². The average Bonchev–Trinajstić information content (AvgIpc) is 3.11. The third kappa shape index (κ3) is 3.20. The number of nitrogens with two attached hydrogens (primary N) is 1. The summed E-state index contributed by atoms with van der Waals surface area (Å²) in [4.78, 5) is 14.0. The lowest BCUT2D eigenvalue weighted by atomic mass is 9.94. The van der Waals surface area contributed by atoms with Crippen LogP contribution in [0.1, 0.15) is 0 Å². The van der Waals surface area contributed by atoms with Gasteiger partial charge in [0.05, 0.1) is 16.8 Å². The van der Waals surface area contributed by atoms with E-state index in [0.29, 0.717) is 34.4 Å². The SMILES string of the molecule is NCC1CN(c2c(-c3cccc(Cl)c3)cncc2-c2nc3c(F)cc(F)cc3[nH]2)C1. The third-order valence-corrected chi connectivity index (χ3v) is 5.65. The molecule has 2 aromatic heterocycles. The van der Waals surface area contributed by atoms with E-state index in [9.17, 15) is 8.78 Å². The number of H-pyrrole nitrogens is 1. The summed E-state index contributed by atoms with van der Waals surface area (Å²) in [6.07, 6.45) is 3.47. The van der Waals surface area contributed by atoms with E-state index in [0.717, 1.165) is 36.0 Å². The molecule has 5 nitrogen and oxygen atoms in total. The molecule has 0 aliphatic carbocycles. The van der Waals surface area contributed by atoms with Crippen molar-refractivity contribution in [2.45, 2.75) is 0 Å². The normalized spacial score (nSPS) is 14.3. The molecule has 3 N–H and O–H groups in total. The third-order valence-electron chi connectivity index (χ3n) is 5.42. The minimum atomic E-state index is -0.708. The molecule has 4 aromatic rings. The highest BCUT2D eigenvalue weighted by atomic mass is 35.5. The summed E-state index contributed by atoms with van der Waals surface area (Å²) < 4.78 is 27.9. The maximum atomic E-state index is 14.2. The van der Waals surface area contributed by atoms with Crippen molar-refractivity contribution < 1.29 is 8.78 Å². The summed E-state index contributed by atoms with van der Waals surface area (Å²) in [5.74, 6) is -0.535. The number of aromatic nitrogens is 3. The Morgan fingerprint density at radius 1 is 1.13 bits per heavy atom. The van der Waals surface area contributed by atoms with Gasteiger partial charge in [-0.3, -0.25) is 4.98 Å². The first-order valence-corrected chi connectivity index (χ1v) is 9.95. The maximum absolute atomic E-state index is 14.2. The molecule has 0 saturated carbocycles. The van der Waals surface area contributed by atoms with E-state index in [1.165, 1.54) is 6.07 Å². The first-order valence-electron chi connectivity index (χ1n) is 9.57. The van der Waals surface area contributed by atoms with Crippen LogP contribution in [0.4, 0.5) is 14.5 Å². The first kappa shape index (κ1) is 19.0. The number of halogens is 3. The van der Waals surface area contributed by atoms with E-state index in [4.69, 9.17) is 17.3 Å². The number of rotatable bonds is 4. The number of imidazole rings is 1. The number of nitrogens with zero attached hydrogens (tertiary/aromatic N) is 3. The second kappa shape index (κ2) is 7.34. The fourth-order valence-corrected chi connectivity index (χ4v) is 4.10. The molecule has 1 fully saturated rings. The van der Waals surface area contributed by atoms with Crippen LogP contribution in [0.3, 0.4) is 0 Å². The highest BCUT2D eigenvalue weighted by Crippen LogP contribution is 2.41. The van der Waals surface area contributed by atoms with Crippen molar-refractivity contribution in [1.29, 1.82) is 0 Å². The maximum Gasteiger partial charge on any atom is 0.153 e. The molecular weight excluding hydrogens is 408 g/mol. The van der Waals surface area contributed by atoms with E-state index in [1.807, 2.05) is 24.3 Å². The summed E-state index contributed by atoms with van der Waals surface area (Å²) in [6, 6.07) is 9.59. The Bertz CT molecular complexity index is 1250. The van der Waals surface area contributed by atoms with Crippen LogP contribution in [-0.2, 0) is 0 Å². The Morgan fingerprint density at radius 3 is 2.70 bits per heavy atom. The number of hydrogen-bond donors (Lipinski definition) is 2. The predicted octanol–water partition coefficient (Wildman–Crippen LogP) is 4.62. The highest BCUT2D eigenvalue weighted by Gasteiger charge is 2.30. The van der Waals surface area contributed by atoms with Gasteiger partial charge in [-0.15, -0.1) is 0 Å². The van der Waals surface area contributed by atoms with Crippen molar-refractivity contribution in [3.05, 3.63) is 65.4 Å². The summed E-state index contributed by atoms with van der Waals surface area (Å²) in [5, 5.41) is 0.619. The summed E-state index contributed by atoms with van der Waals surface area (Å²) in [5.41, 5.74) is 9.63. The predicted molar refractivity (Wildman–Crippen MR) is 114 cm³/mol. The summed E-state index contributed by atoms with van der Waals surface area (Å²) in [7, 11) is 0. The van der Waals surface area contributed by atoms with Crippen molar-refractivity contribution in [2.75, 3.05) is 24.5 Å². The molecule has 1 aliphatic rings. The van der Waals surface area contributed by atoms with Crippen molar-refractivity contribution in [3.63, 3.8) is 0 Å². The van der Waals surface area contributed by atoms with Crippen LogP contribution in [-0.4, -0.2) is 34.6 Å². The van der Waals surface area contributed by atoms with Gasteiger partial charge in [-0.25, -0.2) is 13.8 Å². The zero-order chi connectivity index (χ0) is 20.8. The Morgan fingerprint density at radius 2 is 1.93 bits per heavy atom. The number of aromatic amines is 1. The number of pyridine rings is 1. The summed E-state index contributed by atoms with van der Waals surface area (Å²) in [6.45, 7) is 2.20. The van der Waals surface area contributed by atoms with Gasteiger partial charge in [0, 0.05) is 48.1 Å². The van der Waals surface area contributed by atoms with Crippen LogP contribution in [0.2, 0.25) is 5.02 Å². The minimum Gasteiger partial charge on any atom is -0.370 e. The number of fused-ring (bicyclic) bond motifs is 1.